The first kappa shape index (κ1) is 81.3. The second-order valence-electron chi connectivity index (χ2n) is 17.1. The van der Waals surface area contributed by atoms with Crippen molar-refractivity contribution in [3.63, 3.8) is 0 Å². The molecular formula is C56H63Cl4F3K2N10O11. The molecule has 0 unspecified atom stereocenters. The number of nitrogens with one attached hydrogen (secondary N) is 2. The molecule has 2 aromatic heterocycles. The molecule has 9 N–H and O–H groups in total. The van der Waals surface area contributed by atoms with E-state index in [4.69, 9.17) is 78.8 Å². The third-order valence-corrected chi connectivity index (χ3v) is 12.3. The van der Waals surface area contributed by atoms with Gasteiger partial charge in [0.2, 0.25) is 11.8 Å². The normalized spacial score (nSPS) is 9.91. The quantitative estimate of drug-likeness (QED) is 0.0178. The minimum atomic E-state index is -1.02. The van der Waals surface area contributed by atoms with Gasteiger partial charge in [-0.3, -0.25) is 47.7 Å². The number of hydrogen-bond donors (Lipinski definition) is 6. The number of carbonyl (C=O) groups excluding carboxylic acids is 7. The van der Waals surface area contributed by atoms with E-state index in [1.165, 1.54) is 38.5 Å². The first-order valence-electron chi connectivity index (χ1n) is 25.3. The number of para-hydroxylation sites is 2. The Morgan fingerprint density at radius 3 is 1.49 bits per heavy atom. The predicted molar refractivity (Wildman–Crippen MR) is 311 cm³/mol. The maximum absolute atomic E-state index is 13.9. The average molecular weight is 1330 g/mol. The van der Waals surface area contributed by atoms with Crippen molar-refractivity contribution in [3.05, 3.63) is 164 Å². The van der Waals surface area contributed by atoms with Crippen LogP contribution in [0.15, 0.2) is 103 Å². The van der Waals surface area contributed by atoms with Gasteiger partial charge in [0.15, 0.2) is 11.4 Å². The largest absolute Gasteiger partial charge is 1.00 e. The summed E-state index contributed by atoms with van der Waals surface area (Å²) >= 11 is 22.3. The zero-order valence-electron chi connectivity index (χ0n) is 48.7. The van der Waals surface area contributed by atoms with Crippen molar-refractivity contribution in [2.75, 3.05) is 38.6 Å². The first-order valence-corrected chi connectivity index (χ1v) is 27.0. The minimum absolute atomic E-state index is 0. The van der Waals surface area contributed by atoms with Gasteiger partial charge in [-0.25, -0.2) is 13.2 Å². The van der Waals surface area contributed by atoms with Crippen LogP contribution in [0.4, 0.5) is 13.2 Å². The van der Waals surface area contributed by atoms with Crippen molar-refractivity contribution in [2.24, 2.45) is 17.2 Å². The summed E-state index contributed by atoms with van der Waals surface area (Å²) < 4.78 is 43.3. The molecule has 4 amide bonds. The van der Waals surface area contributed by atoms with Crippen LogP contribution in [0.25, 0.3) is 21.8 Å². The number of carboxylic acid groups (broad SMARTS) is 1. The number of aromatic nitrogens is 4. The smallest absolute Gasteiger partial charge is 1.00 e. The van der Waals surface area contributed by atoms with Crippen molar-refractivity contribution in [1.29, 1.82) is 0 Å². The second kappa shape index (κ2) is 44.7. The number of benzene rings is 5. The number of likely N-dealkylation sites (N-methyl/N-ethyl adjacent to an activating group) is 2. The van der Waals surface area contributed by atoms with Gasteiger partial charge < -0.3 is 49.4 Å². The van der Waals surface area contributed by atoms with Crippen LogP contribution in [-0.4, -0.2) is 116 Å². The summed E-state index contributed by atoms with van der Waals surface area (Å²) in [5, 5.41) is 32.0. The Morgan fingerprint density at radius 1 is 0.686 bits per heavy atom. The molecule has 0 aliphatic rings. The molecule has 0 bridgehead atoms. The van der Waals surface area contributed by atoms with Crippen molar-refractivity contribution >= 4 is 116 Å². The van der Waals surface area contributed by atoms with Gasteiger partial charge >= 0.3 is 109 Å². The Labute approximate surface area is 600 Å². The van der Waals surface area contributed by atoms with Crippen molar-refractivity contribution in [2.45, 2.75) is 66.1 Å². The van der Waals surface area contributed by atoms with E-state index in [9.17, 15) is 46.7 Å². The number of ketones is 2. The molecule has 0 radical (unpaired) electrons. The Morgan fingerprint density at radius 2 is 1.09 bits per heavy atom. The number of aliphatic carboxylic acids is 1. The Bertz CT molecular complexity index is 3360. The number of hydrogen-bond acceptors (Lipinski definition) is 14. The van der Waals surface area contributed by atoms with Crippen molar-refractivity contribution < 1.29 is 171 Å². The molecule has 0 spiro atoms. The van der Waals surface area contributed by atoms with Crippen LogP contribution in [0.1, 0.15) is 72.7 Å². The van der Waals surface area contributed by atoms with Crippen LogP contribution in [-0.2, 0) is 66.1 Å². The van der Waals surface area contributed by atoms with E-state index in [2.05, 4.69) is 25.7 Å². The molecular weight excluding hydrogens is 1270 g/mol. The maximum atomic E-state index is 13.9. The molecule has 0 aliphatic carbocycles. The SMILES string of the molecule is CCN.CCN(CC(=O)NCc1cccc(Cl)c1F)C(=O)Cn1nc(C(N)=O)c2ccccc21.CCNCC(=O)CCc1cccc(Cl)c1F.NC(=O)c1nn(CC(=O)O)c2ccccc12.O=C(CCl)CCc1cccc(Cl)c1F.O=CO[O-].[H-].[K+].[K+]. The zero-order chi connectivity index (χ0) is 62.9. The number of primary amides is 2. The van der Waals surface area contributed by atoms with Crippen molar-refractivity contribution in [1.82, 2.24) is 35.1 Å². The number of alkyl halides is 1. The summed E-state index contributed by atoms with van der Waals surface area (Å²) in [5.74, 6) is -4.68. The number of amides is 4. The molecule has 0 fully saturated rings. The number of carboxylic acids is 1. The molecule has 0 saturated heterocycles. The molecule has 86 heavy (non-hydrogen) atoms. The average Bonchev–Trinajstić information content (AvgIpc) is 1.79. The Kier molecular flexibility index (Phi) is 42.2. The van der Waals surface area contributed by atoms with Crippen LogP contribution in [0.3, 0.4) is 0 Å². The summed E-state index contributed by atoms with van der Waals surface area (Å²) in [6.07, 6.45) is 1.33. The zero-order valence-corrected chi connectivity index (χ0v) is 57.0. The Hall–Kier alpha value is -4.70. The number of aryl methyl sites for hydroxylation is 2. The summed E-state index contributed by atoms with van der Waals surface area (Å²) in [4.78, 5) is 93.3. The van der Waals surface area contributed by atoms with Gasteiger partial charge in [-0.05, 0) is 74.3 Å². The molecule has 21 nitrogen and oxygen atoms in total. The number of rotatable bonds is 22. The van der Waals surface area contributed by atoms with E-state index in [-0.39, 0.29) is 205 Å². The molecule has 0 aliphatic heterocycles. The monoisotopic (exact) mass is 1330 g/mol. The topological polar surface area (TPSA) is 330 Å². The van der Waals surface area contributed by atoms with Crippen LogP contribution in [0, 0.1) is 17.5 Å². The van der Waals surface area contributed by atoms with E-state index in [0.29, 0.717) is 58.7 Å². The second-order valence-corrected chi connectivity index (χ2v) is 18.6. The van der Waals surface area contributed by atoms with Gasteiger partial charge in [-0.15, -0.1) is 11.6 Å². The summed E-state index contributed by atoms with van der Waals surface area (Å²) in [6.45, 7) is 6.80. The number of halogens is 7. The van der Waals surface area contributed by atoms with Crippen LogP contribution in [0.5, 0.6) is 0 Å². The molecule has 7 aromatic rings. The third kappa shape index (κ3) is 28.2. The van der Waals surface area contributed by atoms with Gasteiger partial charge in [0.05, 0.1) is 45.1 Å². The Balaban J connectivity index is 0. The fraction of sp³-hybridized carbons (Fsp3) is 0.286. The van der Waals surface area contributed by atoms with E-state index >= 15 is 0 Å². The number of nitrogens with zero attached hydrogens (tertiary/aromatic N) is 5. The maximum Gasteiger partial charge on any atom is 1.00 e. The van der Waals surface area contributed by atoms with Crippen LogP contribution >= 0.6 is 46.4 Å². The van der Waals surface area contributed by atoms with E-state index in [1.54, 1.807) is 85.8 Å². The number of Topliss-reactive ketones (excluding diaryl/α,β-unsaturated/α-hetero) is 2. The molecule has 454 valence electrons. The van der Waals surface area contributed by atoms with Gasteiger partial charge in [-0.2, -0.15) is 10.2 Å². The molecule has 0 atom stereocenters. The third-order valence-electron chi connectivity index (χ3n) is 11.1. The van der Waals surface area contributed by atoms with Gasteiger partial charge in [0.25, 0.3) is 18.3 Å². The first-order chi connectivity index (χ1) is 40.0. The van der Waals surface area contributed by atoms with Gasteiger partial charge in [-0.1, -0.05) is 121 Å². The predicted octanol–water partition coefficient (Wildman–Crippen LogP) is 0.643. The van der Waals surface area contributed by atoms with Crippen LogP contribution < -0.4 is 136 Å². The molecule has 7 rings (SSSR count). The molecule has 2 heterocycles. The fourth-order valence-corrected chi connectivity index (χ4v) is 7.87. The fourth-order valence-electron chi connectivity index (χ4n) is 7.15. The summed E-state index contributed by atoms with van der Waals surface area (Å²) in [6, 6.07) is 27.9. The molecule has 0 saturated carbocycles. The standard InChI is InChI=1S/C21H21ClFN5O3.C12H15ClFNO.C10H9Cl2FO.C10H9N3O3.C2H7N.CH2O3.2K.H/c1-2-27(11-17(29)25-10-13-6-5-8-15(22)19(13)23)18(30)12-28-16-9-4-3-7-14(16)20(26-28)21(24)31;1-2-15-8-10(16)7-6-9-4-3-5-11(13)12(9)14;11-6-8(14)5-4-7-2-1-3-9(12)10(7)13;11-10(16)9-6-3-1-2-4-7(6)13(12-9)5-8(14)15;1-2-3;2-1-4-3;;;/h3-9H,2,10-12H2,1H3,(H2,24,31)(H,25,29);3-5,15H,2,6-8H2,1H3;1-3H,4-6H2;1-4H,5H2,(H2,11,16)(H,14,15);2-3H2,1H3;1,3H;;;/q;;;;;;2*+1;-1/p-1. The van der Waals surface area contributed by atoms with E-state index in [0.717, 1.165) is 13.1 Å². The number of carbonyl (C=O) groups is 8. The number of nitrogens with two attached hydrogens (primary N) is 3. The van der Waals surface area contributed by atoms with Crippen molar-refractivity contribution in [3.8, 4) is 0 Å². The minimum Gasteiger partial charge on any atom is -1.00 e. The van der Waals surface area contributed by atoms with Gasteiger partial charge in [0, 0.05) is 42.3 Å². The van der Waals surface area contributed by atoms with Crippen LogP contribution in [0.2, 0.25) is 15.1 Å². The summed E-state index contributed by atoms with van der Waals surface area (Å²) in [5.41, 5.74) is 17.9. The van der Waals surface area contributed by atoms with Gasteiger partial charge in [0.1, 0.15) is 42.1 Å². The molecule has 30 heteroatoms. The van der Waals surface area contributed by atoms with E-state index in [1.807, 2.05) is 13.8 Å². The molecule has 5 aromatic carbocycles. The summed E-state index contributed by atoms with van der Waals surface area (Å²) in [7, 11) is 0. The number of fused-ring (bicyclic) bond motifs is 2. The van der Waals surface area contributed by atoms with E-state index < -0.39 is 41.1 Å².